The maximum Gasteiger partial charge on any atom is 0.322 e. The van der Waals surface area contributed by atoms with Crippen LogP contribution < -0.4 is 10.1 Å². The van der Waals surface area contributed by atoms with Gasteiger partial charge in [-0.3, -0.25) is 0 Å². The third-order valence-corrected chi connectivity index (χ3v) is 5.52. The molecule has 1 unspecified atom stereocenters. The van der Waals surface area contributed by atoms with Crippen molar-refractivity contribution in [2.24, 2.45) is 11.3 Å². The van der Waals surface area contributed by atoms with Gasteiger partial charge < -0.3 is 24.4 Å². The van der Waals surface area contributed by atoms with Crippen LogP contribution in [0.25, 0.3) is 0 Å². The standard InChI is InChI=1S/C18H27N3O4/c1-12(2)15-17(9-18(10-17,24-4)25-5)11-21(15)16(22)20-13-6-7-19-14(8-13)23-3/h6-8,12,15H,9-11H2,1-5H3,(H,19,20,22). The molecule has 2 amide bonds. The average Bonchev–Trinajstić information content (AvgIpc) is 2.53. The van der Waals surface area contributed by atoms with Crippen LogP contribution in [0, 0.1) is 11.3 Å². The summed E-state index contributed by atoms with van der Waals surface area (Å²) in [6.45, 7) is 5.03. The number of hydrogen-bond acceptors (Lipinski definition) is 5. The zero-order chi connectivity index (χ0) is 18.2. The van der Waals surface area contributed by atoms with Gasteiger partial charge in [-0.2, -0.15) is 0 Å². The molecular formula is C18H27N3O4. The van der Waals surface area contributed by atoms with Crippen molar-refractivity contribution < 1.29 is 19.0 Å². The highest BCUT2D eigenvalue weighted by molar-refractivity contribution is 5.90. The lowest BCUT2D eigenvalue weighted by molar-refractivity contribution is -0.331. The number of carbonyl (C=O) groups excluding carboxylic acids is 1. The van der Waals surface area contributed by atoms with Crippen LogP contribution in [0.1, 0.15) is 26.7 Å². The fourth-order valence-electron chi connectivity index (χ4n) is 4.52. The first-order valence-corrected chi connectivity index (χ1v) is 8.56. The molecule has 1 saturated heterocycles. The number of likely N-dealkylation sites (tertiary alicyclic amines) is 1. The molecule has 1 saturated carbocycles. The zero-order valence-electron chi connectivity index (χ0n) is 15.5. The molecule has 0 radical (unpaired) electrons. The van der Waals surface area contributed by atoms with Crippen molar-refractivity contribution in [1.29, 1.82) is 0 Å². The number of anilines is 1. The number of hydrogen-bond donors (Lipinski definition) is 1. The van der Waals surface area contributed by atoms with Crippen molar-refractivity contribution in [3.8, 4) is 5.88 Å². The maximum absolute atomic E-state index is 12.7. The molecule has 2 aliphatic rings. The van der Waals surface area contributed by atoms with E-state index in [1.165, 1.54) is 0 Å². The van der Waals surface area contributed by atoms with Crippen LogP contribution in [-0.4, -0.2) is 55.6 Å². The van der Waals surface area contributed by atoms with Gasteiger partial charge in [-0.05, 0) is 12.0 Å². The van der Waals surface area contributed by atoms with Crippen molar-refractivity contribution in [3.05, 3.63) is 18.3 Å². The Labute approximate surface area is 148 Å². The Morgan fingerprint density at radius 3 is 2.56 bits per heavy atom. The Hall–Kier alpha value is -1.86. The van der Waals surface area contributed by atoms with E-state index in [0.29, 0.717) is 17.5 Å². The van der Waals surface area contributed by atoms with E-state index in [9.17, 15) is 4.79 Å². The van der Waals surface area contributed by atoms with Gasteiger partial charge in [0, 0.05) is 63.0 Å². The second-order valence-electron chi connectivity index (χ2n) is 7.37. The van der Waals surface area contributed by atoms with Gasteiger partial charge in [0.1, 0.15) is 0 Å². The number of pyridine rings is 1. The highest BCUT2D eigenvalue weighted by Crippen LogP contribution is 2.61. The number of ether oxygens (including phenoxy) is 3. The first-order chi connectivity index (χ1) is 11.9. The molecule has 1 atom stereocenters. The maximum atomic E-state index is 12.7. The molecule has 138 valence electrons. The van der Waals surface area contributed by atoms with Gasteiger partial charge in [0.05, 0.1) is 7.11 Å². The Morgan fingerprint density at radius 1 is 1.32 bits per heavy atom. The predicted molar refractivity (Wildman–Crippen MR) is 93.6 cm³/mol. The van der Waals surface area contributed by atoms with Crippen LogP contribution in [0.5, 0.6) is 5.88 Å². The first kappa shape index (κ1) is 17.9. The smallest absolute Gasteiger partial charge is 0.322 e. The van der Waals surface area contributed by atoms with E-state index in [1.807, 2.05) is 4.90 Å². The molecule has 25 heavy (non-hydrogen) atoms. The van der Waals surface area contributed by atoms with Gasteiger partial charge in [0.25, 0.3) is 0 Å². The molecular weight excluding hydrogens is 322 g/mol. The van der Waals surface area contributed by atoms with Crippen molar-refractivity contribution in [1.82, 2.24) is 9.88 Å². The van der Waals surface area contributed by atoms with Gasteiger partial charge in [-0.1, -0.05) is 13.8 Å². The number of methoxy groups -OCH3 is 3. The molecule has 1 aliphatic heterocycles. The number of carbonyl (C=O) groups is 1. The SMILES string of the molecule is COc1cc(NC(=O)N2CC3(CC(OC)(OC)C3)C2C(C)C)ccn1. The lowest BCUT2D eigenvalue weighted by atomic mass is 9.52. The van der Waals surface area contributed by atoms with Crippen LogP contribution in [0.2, 0.25) is 0 Å². The topological polar surface area (TPSA) is 72.9 Å². The fourth-order valence-corrected chi connectivity index (χ4v) is 4.52. The van der Waals surface area contributed by atoms with E-state index in [1.54, 1.807) is 39.7 Å². The molecule has 0 aromatic carbocycles. The van der Waals surface area contributed by atoms with E-state index in [4.69, 9.17) is 14.2 Å². The van der Waals surface area contributed by atoms with Gasteiger partial charge in [-0.15, -0.1) is 0 Å². The third-order valence-electron chi connectivity index (χ3n) is 5.52. The summed E-state index contributed by atoms with van der Waals surface area (Å²) in [6.07, 6.45) is 3.26. The molecule has 1 aliphatic carbocycles. The highest BCUT2D eigenvalue weighted by Gasteiger charge is 2.67. The Balaban J connectivity index is 1.68. The quantitative estimate of drug-likeness (QED) is 0.828. The minimum Gasteiger partial charge on any atom is -0.481 e. The molecule has 7 heteroatoms. The summed E-state index contributed by atoms with van der Waals surface area (Å²) < 4.78 is 16.2. The average molecular weight is 349 g/mol. The number of nitrogens with zero attached hydrogens (tertiary/aromatic N) is 2. The summed E-state index contributed by atoms with van der Waals surface area (Å²) >= 11 is 0. The van der Waals surface area contributed by atoms with Crippen LogP contribution in [0.4, 0.5) is 10.5 Å². The van der Waals surface area contributed by atoms with Crippen LogP contribution in [-0.2, 0) is 9.47 Å². The van der Waals surface area contributed by atoms with Gasteiger partial charge >= 0.3 is 6.03 Å². The summed E-state index contributed by atoms with van der Waals surface area (Å²) in [6, 6.07) is 3.55. The van der Waals surface area contributed by atoms with E-state index in [2.05, 4.69) is 24.1 Å². The van der Waals surface area contributed by atoms with Crippen molar-refractivity contribution >= 4 is 11.7 Å². The van der Waals surface area contributed by atoms with Gasteiger partial charge in [-0.25, -0.2) is 9.78 Å². The summed E-state index contributed by atoms with van der Waals surface area (Å²) in [7, 11) is 4.91. The number of rotatable bonds is 5. The van der Waals surface area contributed by atoms with Crippen LogP contribution in [0.3, 0.4) is 0 Å². The van der Waals surface area contributed by atoms with Gasteiger partial charge in [0.2, 0.25) is 5.88 Å². The Morgan fingerprint density at radius 2 is 2.00 bits per heavy atom. The number of nitrogens with one attached hydrogen (secondary N) is 1. The predicted octanol–water partition coefficient (Wildman–Crippen LogP) is 2.73. The fraction of sp³-hybridized carbons (Fsp3) is 0.667. The number of amides is 2. The molecule has 2 heterocycles. The molecule has 0 bridgehead atoms. The molecule has 3 rings (SSSR count). The van der Waals surface area contributed by atoms with E-state index >= 15 is 0 Å². The second kappa shape index (κ2) is 6.46. The monoisotopic (exact) mass is 349 g/mol. The minimum atomic E-state index is -0.492. The summed E-state index contributed by atoms with van der Waals surface area (Å²) in [4.78, 5) is 18.7. The van der Waals surface area contributed by atoms with E-state index < -0.39 is 5.79 Å². The lowest BCUT2D eigenvalue weighted by Gasteiger charge is -2.68. The van der Waals surface area contributed by atoms with Gasteiger partial charge in [0.15, 0.2) is 5.79 Å². The Kier molecular flexibility index (Phi) is 4.64. The normalized spacial score (nSPS) is 23.1. The third kappa shape index (κ3) is 2.95. The molecule has 1 N–H and O–H groups in total. The molecule has 1 spiro atoms. The molecule has 7 nitrogen and oxygen atoms in total. The van der Waals surface area contributed by atoms with Crippen LogP contribution in [0.15, 0.2) is 18.3 Å². The first-order valence-electron chi connectivity index (χ1n) is 8.56. The number of aromatic nitrogens is 1. The Bertz CT molecular complexity index is 637. The minimum absolute atomic E-state index is 0.0907. The van der Waals surface area contributed by atoms with Crippen molar-refractivity contribution in [3.63, 3.8) is 0 Å². The van der Waals surface area contributed by atoms with Crippen LogP contribution >= 0.6 is 0 Å². The van der Waals surface area contributed by atoms with E-state index in [-0.39, 0.29) is 17.5 Å². The van der Waals surface area contributed by atoms with Crippen molar-refractivity contribution in [2.75, 3.05) is 33.2 Å². The molecule has 1 aromatic rings. The van der Waals surface area contributed by atoms with E-state index in [0.717, 1.165) is 19.4 Å². The lowest BCUT2D eigenvalue weighted by Crippen LogP contribution is -2.77. The highest BCUT2D eigenvalue weighted by atomic mass is 16.7. The largest absolute Gasteiger partial charge is 0.481 e. The summed E-state index contributed by atoms with van der Waals surface area (Å²) in [5.74, 6) is 0.342. The second-order valence-corrected chi connectivity index (χ2v) is 7.37. The molecule has 2 fully saturated rings. The zero-order valence-corrected chi connectivity index (χ0v) is 15.5. The summed E-state index contributed by atoms with van der Waals surface area (Å²) in [5.41, 5.74) is 0.769. The molecule has 1 aromatic heterocycles. The summed E-state index contributed by atoms with van der Waals surface area (Å²) in [5, 5.41) is 2.94. The van der Waals surface area contributed by atoms with Crippen molar-refractivity contribution in [2.45, 2.75) is 38.5 Å². The number of urea groups is 1.